The van der Waals surface area contributed by atoms with Gasteiger partial charge in [-0.1, -0.05) is 42.5 Å². The molecule has 1 heterocycles. The van der Waals surface area contributed by atoms with E-state index in [1.54, 1.807) is 49.4 Å². The van der Waals surface area contributed by atoms with Gasteiger partial charge in [0.2, 0.25) is 0 Å². The Morgan fingerprint density at radius 1 is 1.00 bits per heavy atom. The highest BCUT2D eigenvalue weighted by Gasteiger charge is 2.31. The van der Waals surface area contributed by atoms with Gasteiger partial charge in [0.05, 0.1) is 5.56 Å². The highest BCUT2D eigenvalue weighted by Crippen LogP contribution is 2.33. The molecule has 0 aliphatic carbocycles. The number of benzene rings is 3. The van der Waals surface area contributed by atoms with Crippen molar-refractivity contribution in [2.45, 2.75) is 45.7 Å². The number of thiazole rings is 1. The molecule has 0 aliphatic heterocycles. The topological polar surface area (TPSA) is 97.8 Å². The van der Waals surface area contributed by atoms with Crippen LogP contribution in [0, 0.1) is 6.92 Å². The number of nitrogens with zero attached hydrogens (tertiary/aromatic N) is 1. The van der Waals surface area contributed by atoms with Gasteiger partial charge in [-0.2, -0.15) is 13.2 Å². The maximum atomic E-state index is 13.3. The Balaban J connectivity index is 1.53. The molecule has 0 radical (unpaired) electrons. The van der Waals surface area contributed by atoms with Crippen LogP contribution in [0.4, 0.5) is 13.2 Å². The molecule has 214 valence electrons. The number of carbonyl (C=O) groups excluding carboxylic acids is 1. The number of rotatable bonds is 10. The second-order valence-electron chi connectivity index (χ2n) is 9.67. The summed E-state index contributed by atoms with van der Waals surface area (Å²) >= 11 is 1.06. The second kappa shape index (κ2) is 12.0. The summed E-state index contributed by atoms with van der Waals surface area (Å²) in [6.07, 6.45) is -4.46. The Morgan fingerprint density at radius 2 is 1.68 bits per heavy atom. The number of carboxylic acid groups (broad SMARTS) is 1. The van der Waals surface area contributed by atoms with Crippen molar-refractivity contribution in [3.8, 4) is 22.1 Å². The van der Waals surface area contributed by atoms with E-state index < -0.39 is 29.2 Å². The minimum Gasteiger partial charge on any atom is -0.487 e. The van der Waals surface area contributed by atoms with Crippen molar-refractivity contribution in [3.63, 3.8) is 0 Å². The number of carbonyl (C=O) groups is 2. The van der Waals surface area contributed by atoms with Crippen LogP contribution in [0.3, 0.4) is 0 Å². The molecule has 1 aromatic heterocycles. The number of halogens is 3. The average molecular weight is 585 g/mol. The molecule has 0 atom stereocenters. The third-order valence-corrected chi connectivity index (χ3v) is 7.20. The molecular weight excluding hydrogens is 557 g/mol. The van der Waals surface area contributed by atoms with Crippen LogP contribution in [0.5, 0.6) is 11.5 Å². The summed E-state index contributed by atoms with van der Waals surface area (Å²) in [6.45, 7) is 4.83. The highest BCUT2D eigenvalue weighted by atomic mass is 32.1. The first kappa shape index (κ1) is 29.6. The molecule has 0 saturated heterocycles. The predicted molar refractivity (Wildman–Crippen MR) is 148 cm³/mol. The summed E-state index contributed by atoms with van der Waals surface area (Å²) in [5.41, 5.74) is 0.0638. The molecule has 11 heteroatoms. The zero-order chi connectivity index (χ0) is 29.8. The Bertz CT molecular complexity index is 1530. The summed E-state index contributed by atoms with van der Waals surface area (Å²) in [6, 6.07) is 18.7. The minimum absolute atomic E-state index is 0.0194. The van der Waals surface area contributed by atoms with Crippen molar-refractivity contribution in [2.75, 3.05) is 0 Å². The number of aromatic nitrogens is 1. The number of hydrogen-bond donors (Lipinski definition) is 2. The van der Waals surface area contributed by atoms with Crippen LogP contribution >= 0.6 is 11.3 Å². The van der Waals surface area contributed by atoms with E-state index in [1.807, 2.05) is 6.07 Å². The van der Waals surface area contributed by atoms with E-state index in [-0.39, 0.29) is 18.0 Å². The summed E-state index contributed by atoms with van der Waals surface area (Å²) in [5, 5.41) is 12.6. The van der Waals surface area contributed by atoms with E-state index in [4.69, 9.17) is 9.47 Å². The van der Waals surface area contributed by atoms with Crippen molar-refractivity contribution in [1.29, 1.82) is 0 Å². The van der Waals surface area contributed by atoms with Crippen LogP contribution in [-0.4, -0.2) is 27.6 Å². The lowest BCUT2D eigenvalue weighted by Gasteiger charge is -2.23. The smallest absolute Gasteiger partial charge is 0.416 e. The second-order valence-corrected chi connectivity index (χ2v) is 10.7. The van der Waals surface area contributed by atoms with Gasteiger partial charge in [0.25, 0.3) is 5.91 Å². The van der Waals surface area contributed by atoms with E-state index in [9.17, 15) is 27.9 Å². The molecule has 0 unspecified atom stereocenters. The third kappa shape index (κ3) is 7.43. The molecule has 0 bridgehead atoms. The van der Waals surface area contributed by atoms with Crippen molar-refractivity contribution in [1.82, 2.24) is 10.3 Å². The summed E-state index contributed by atoms with van der Waals surface area (Å²) in [5.74, 6) is -0.527. The number of aryl methyl sites for hydroxylation is 1. The number of aliphatic carboxylic acids is 1. The van der Waals surface area contributed by atoms with Gasteiger partial charge in [-0.05, 0) is 62.2 Å². The SMILES string of the molecule is Cc1cc(CNC(=O)c2sc(-c3ccc(C(F)(F)F)cc3)nc2COc2ccccc2)ccc1OC(C)(C)C(=O)O. The molecule has 3 aromatic carbocycles. The number of ether oxygens (including phenoxy) is 2. The molecule has 0 aliphatic rings. The fourth-order valence-corrected chi connectivity index (χ4v) is 4.73. The largest absolute Gasteiger partial charge is 0.487 e. The Morgan fingerprint density at radius 3 is 2.29 bits per heavy atom. The molecule has 41 heavy (non-hydrogen) atoms. The molecule has 7 nitrogen and oxygen atoms in total. The van der Waals surface area contributed by atoms with Gasteiger partial charge in [-0.25, -0.2) is 9.78 Å². The van der Waals surface area contributed by atoms with Crippen molar-refractivity contribution >= 4 is 23.2 Å². The summed E-state index contributed by atoms with van der Waals surface area (Å²) in [4.78, 5) is 29.4. The van der Waals surface area contributed by atoms with Gasteiger partial charge in [0.15, 0.2) is 5.60 Å². The molecule has 4 aromatic rings. The van der Waals surface area contributed by atoms with Crippen molar-refractivity contribution < 1.29 is 37.3 Å². The number of carboxylic acids is 1. The van der Waals surface area contributed by atoms with Gasteiger partial charge in [-0.15, -0.1) is 11.3 Å². The highest BCUT2D eigenvalue weighted by molar-refractivity contribution is 7.17. The number of para-hydroxylation sites is 1. The number of hydrogen-bond acceptors (Lipinski definition) is 6. The zero-order valence-electron chi connectivity index (χ0n) is 22.4. The maximum absolute atomic E-state index is 13.3. The van der Waals surface area contributed by atoms with Crippen LogP contribution in [-0.2, 0) is 24.1 Å². The number of alkyl halides is 3. The van der Waals surface area contributed by atoms with E-state index in [2.05, 4.69) is 10.3 Å². The van der Waals surface area contributed by atoms with Crippen LogP contribution < -0.4 is 14.8 Å². The monoisotopic (exact) mass is 584 g/mol. The van der Waals surface area contributed by atoms with Crippen LogP contribution in [0.1, 0.15) is 45.9 Å². The summed E-state index contributed by atoms with van der Waals surface area (Å²) < 4.78 is 50.5. The lowest BCUT2D eigenvalue weighted by atomic mass is 10.1. The zero-order valence-corrected chi connectivity index (χ0v) is 23.2. The van der Waals surface area contributed by atoms with Crippen LogP contribution in [0.2, 0.25) is 0 Å². The quantitative estimate of drug-likeness (QED) is 0.211. The molecule has 0 spiro atoms. The van der Waals surface area contributed by atoms with Gasteiger partial charge < -0.3 is 19.9 Å². The van der Waals surface area contributed by atoms with E-state index in [0.717, 1.165) is 29.0 Å². The van der Waals surface area contributed by atoms with Crippen LogP contribution in [0.25, 0.3) is 10.6 Å². The maximum Gasteiger partial charge on any atom is 0.416 e. The first-order valence-corrected chi connectivity index (χ1v) is 13.3. The lowest BCUT2D eigenvalue weighted by Crippen LogP contribution is -2.38. The Labute approximate surface area is 238 Å². The van der Waals surface area contributed by atoms with Crippen LogP contribution in [0.15, 0.2) is 72.8 Å². The fraction of sp³-hybridized carbons (Fsp3) is 0.233. The molecule has 1 amide bonds. The van der Waals surface area contributed by atoms with Gasteiger partial charge >= 0.3 is 12.1 Å². The molecule has 0 fully saturated rings. The van der Waals surface area contributed by atoms with E-state index in [0.29, 0.717) is 33.3 Å². The average Bonchev–Trinajstić information content (AvgIpc) is 3.36. The number of amides is 1. The third-order valence-electron chi connectivity index (χ3n) is 6.05. The van der Waals surface area contributed by atoms with E-state index >= 15 is 0 Å². The fourth-order valence-electron chi connectivity index (χ4n) is 3.74. The first-order chi connectivity index (χ1) is 19.3. The minimum atomic E-state index is -4.46. The van der Waals surface area contributed by atoms with Crippen molar-refractivity contribution in [3.05, 3.63) is 100 Å². The Kier molecular flexibility index (Phi) is 8.67. The number of nitrogens with one attached hydrogen (secondary N) is 1. The van der Waals surface area contributed by atoms with E-state index in [1.165, 1.54) is 26.0 Å². The molecule has 2 N–H and O–H groups in total. The van der Waals surface area contributed by atoms with Crippen molar-refractivity contribution in [2.24, 2.45) is 0 Å². The lowest BCUT2D eigenvalue weighted by molar-refractivity contribution is -0.152. The summed E-state index contributed by atoms with van der Waals surface area (Å²) in [7, 11) is 0. The molecular formula is C30H27F3N2O5S. The molecule has 4 rings (SSSR count). The van der Waals surface area contributed by atoms with Gasteiger partial charge in [-0.3, -0.25) is 4.79 Å². The standard InChI is InChI=1S/C30H27F3N2O5S/c1-18-15-19(9-14-24(18)40-29(2,3)28(37)38)16-34-26(36)25-23(17-39-22-7-5-4-6-8-22)35-27(41-25)20-10-12-21(13-11-20)30(31,32)33/h4-15H,16-17H2,1-3H3,(H,34,36)(H,37,38). The predicted octanol–water partition coefficient (Wildman–Crippen LogP) is 6.89. The molecule has 0 saturated carbocycles. The Hall–Kier alpha value is -4.38. The first-order valence-electron chi connectivity index (χ1n) is 12.5. The van der Waals surface area contributed by atoms with Gasteiger partial charge in [0.1, 0.15) is 33.7 Å². The van der Waals surface area contributed by atoms with Gasteiger partial charge in [0, 0.05) is 12.1 Å². The normalized spacial score (nSPS) is 11.7.